The molecule has 1 rings (SSSR count). The average Bonchev–Trinajstić information content (AvgIpc) is 2.56. The number of Topliss-reactive ketones (excluding diaryl/α,β-unsaturated/α-hetero) is 1. The molecule has 0 saturated carbocycles. The van der Waals surface area contributed by atoms with Crippen molar-refractivity contribution >= 4 is 35.8 Å². The highest BCUT2D eigenvalue weighted by Crippen LogP contribution is 2.05. The molecule has 0 radical (unpaired) electrons. The fourth-order valence-electron chi connectivity index (χ4n) is 1.77. The van der Waals surface area contributed by atoms with E-state index in [-0.39, 0.29) is 23.7 Å². The Labute approximate surface area is 147 Å². The van der Waals surface area contributed by atoms with Crippen molar-refractivity contribution in [3.63, 3.8) is 0 Å². The van der Waals surface area contributed by atoms with Crippen molar-refractivity contribution in [3.05, 3.63) is 35.9 Å². The van der Waals surface area contributed by atoms with Gasteiger partial charge in [-0.1, -0.05) is 30.3 Å². The van der Waals surface area contributed by atoms with E-state index in [1.165, 1.54) is 0 Å². The van der Waals surface area contributed by atoms with Crippen LogP contribution in [0.5, 0.6) is 0 Å². The maximum Gasteiger partial charge on any atom is 0.303 e. The fourth-order valence-corrected chi connectivity index (χ4v) is 2.03. The summed E-state index contributed by atoms with van der Waals surface area (Å²) in [6, 6.07) is 8.70. The molecule has 0 aliphatic rings. The normalized spacial score (nSPS) is 10.9. The molecule has 0 saturated heterocycles. The Morgan fingerprint density at radius 2 is 1.83 bits per heavy atom. The first-order valence-electron chi connectivity index (χ1n) is 7.56. The van der Waals surface area contributed by atoms with Gasteiger partial charge in [0.15, 0.2) is 5.78 Å². The van der Waals surface area contributed by atoms with Gasteiger partial charge in [-0.25, -0.2) is 0 Å². The molecule has 1 unspecified atom stereocenters. The number of ketones is 1. The number of hydrogen-bond acceptors (Lipinski definition) is 5. The van der Waals surface area contributed by atoms with E-state index in [9.17, 15) is 19.2 Å². The van der Waals surface area contributed by atoms with Crippen LogP contribution in [0.25, 0.3) is 0 Å². The Kier molecular flexibility index (Phi) is 12.3. The first-order chi connectivity index (χ1) is 11.4. The Morgan fingerprint density at radius 3 is 2.29 bits per heavy atom. The standard InChI is InChI=1S/C11H12O2.C6H11NO3S/c12-9-5-4-8-11(13)10-6-2-1-3-7-10;1-7-4(6(10)11)2-3-5(8)9/h1-3,6-7,9H,4-5,8H2;4,7H,2-3H2,1H3,(H,8,9)(H,10,11). The lowest BCUT2D eigenvalue weighted by molar-refractivity contribution is -0.137. The largest absolute Gasteiger partial charge is 0.481 e. The molecule has 1 atom stereocenters. The van der Waals surface area contributed by atoms with Gasteiger partial charge in [0.2, 0.25) is 5.12 Å². The molecule has 0 spiro atoms. The lowest BCUT2D eigenvalue weighted by Crippen LogP contribution is -2.31. The third-order valence-corrected chi connectivity index (χ3v) is 3.43. The number of likely N-dealkylation sites (N-methyl/N-ethyl adjacent to an activating group) is 1. The monoisotopic (exact) mass is 353 g/mol. The molecule has 1 aromatic rings. The number of carbonyl (C=O) groups excluding carboxylic acids is 3. The summed E-state index contributed by atoms with van der Waals surface area (Å²) in [7, 11) is 1.60. The predicted octanol–water partition coefficient (Wildman–Crippen LogP) is 2.13. The number of hydrogen-bond donors (Lipinski definition) is 3. The average molecular weight is 353 g/mol. The minimum atomic E-state index is -0.903. The highest BCUT2D eigenvalue weighted by molar-refractivity contribution is 7.96. The van der Waals surface area contributed by atoms with Gasteiger partial charge >= 0.3 is 5.97 Å². The summed E-state index contributed by atoms with van der Waals surface area (Å²) in [6.07, 6.45) is 2.70. The van der Waals surface area contributed by atoms with Gasteiger partial charge in [-0.2, -0.15) is 0 Å². The van der Waals surface area contributed by atoms with Gasteiger partial charge in [-0.3, -0.25) is 14.4 Å². The van der Waals surface area contributed by atoms with Gasteiger partial charge in [0.1, 0.15) is 6.29 Å². The van der Waals surface area contributed by atoms with Crippen molar-refractivity contribution < 1.29 is 24.3 Å². The van der Waals surface area contributed by atoms with Crippen LogP contribution in [0.15, 0.2) is 30.3 Å². The third-order valence-electron chi connectivity index (χ3n) is 3.12. The number of thiol groups is 1. The molecule has 132 valence electrons. The van der Waals surface area contributed by atoms with Gasteiger partial charge in [-0.05, 0) is 19.9 Å². The van der Waals surface area contributed by atoms with Gasteiger partial charge in [0.25, 0.3) is 0 Å². The number of aliphatic carboxylic acids is 1. The van der Waals surface area contributed by atoms with E-state index in [2.05, 4.69) is 17.9 Å². The second-order valence-electron chi connectivity index (χ2n) is 4.96. The van der Waals surface area contributed by atoms with E-state index in [0.29, 0.717) is 19.3 Å². The van der Waals surface area contributed by atoms with E-state index in [4.69, 9.17) is 5.11 Å². The summed E-state index contributed by atoms with van der Waals surface area (Å²) < 4.78 is 0. The molecule has 0 aliphatic heterocycles. The Hall–Kier alpha value is -1.99. The van der Waals surface area contributed by atoms with Crippen LogP contribution in [0.1, 0.15) is 42.5 Å². The summed E-state index contributed by atoms with van der Waals surface area (Å²) in [5, 5.41) is 10.6. The molecule has 6 nitrogen and oxygen atoms in total. The van der Waals surface area contributed by atoms with Gasteiger partial charge in [0.05, 0.1) is 6.04 Å². The molecule has 0 aliphatic carbocycles. The smallest absolute Gasteiger partial charge is 0.303 e. The van der Waals surface area contributed by atoms with E-state index in [1.807, 2.05) is 18.2 Å². The Morgan fingerprint density at radius 1 is 1.21 bits per heavy atom. The quantitative estimate of drug-likeness (QED) is 0.258. The minimum Gasteiger partial charge on any atom is -0.481 e. The van der Waals surface area contributed by atoms with Crippen molar-refractivity contribution in [1.29, 1.82) is 0 Å². The first-order valence-corrected chi connectivity index (χ1v) is 8.00. The van der Waals surface area contributed by atoms with Crippen molar-refractivity contribution in [1.82, 2.24) is 5.32 Å². The van der Waals surface area contributed by atoms with Crippen LogP contribution < -0.4 is 5.32 Å². The number of unbranched alkanes of at least 4 members (excludes halogenated alkanes) is 1. The number of carboxylic acids is 1. The molecular weight excluding hydrogens is 330 g/mol. The lowest BCUT2D eigenvalue weighted by atomic mass is 10.1. The van der Waals surface area contributed by atoms with Gasteiger partial charge in [0, 0.05) is 24.8 Å². The maximum absolute atomic E-state index is 11.4. The van der Waals surface area contributed by atoms with Crippen LogP contribution in [-0.2, 0) is 14.4 Å². The van der Waals surface area contributed by atoms with Crippen LogP contribution in [0.3, 0.4) is 0 Å². The molecule has 0 fully saturated rings. The first kappa shape index (κ1) is 22.0. The van der Waals surface area contributed by atoms with Crippen LogP contribution in [0.4, 0.5) is 0 Å². The highest BCUT2D eigenvalue weighted by atomic mass is 32.1. The topological polar surface area (TPSA) is 101 Å². The third kappa shape index (κ3) is 10.7. The van der Waals surface area contributed by atoms with Crippen LogP contribution in [-0.4, -0.2) is 41.4 Å². The predicted molar refractivity (Wildman–Crippen MR) is 94.4 cm³/mol. The Bertz CT molecular complexity index is 533. The summed E-state index contributed by atoms with van der Waals surface area (Å²) in [6.45, 7) is 0. The van der Waals surface area contributed by atoms with Crippen LogP contribution in [0, 0.1) is 0 Å². The maximum atomic E-state index is 11.4. The zero-order valence-electron chi connectivity index (χ0n) is 13.6. The molecule has 7 heteroatoms. The SMILES string of the molecule is CNC(CCC(=O)O)C(=O)S.O=CCCCC(=O)c1ccccc1. The number of benzene rings is 1. The molecule has 24 heavy (non-hydrogen) atoms. The zero-order chi connectivity index (χ0) is 18.4. The number of rotatable bonds is 10. The second kappa shape index (κ2) is 13.4. The summed E-state index contributed by atoms with van der Waals surface area (Å²) in [5.74, 6) is -0.790. The summed E-state index contributed by atoms with van der Waals surface area (Å²) in [4.78, 5) is 42.1. The fraction of sp³-hybridized carbons (Fsp3) is 0.412. The van der Waals surface area contributed by atoms with Crippen molar-refractivity contribution in [2.75, 3.05) is 7.05 Å². The molecule has 1 aromatic carbocycles. The van der Waals surface area contributed by atoms with E-state index in [0.717, 1.165) is 11.8 Å². The van der Waals surface area contributed by atoms with Crippen LogP contribution in [0.2, 0.25) is 0 Å². The van der Waals surface area contributed by atoms with Crippen molar-refractivity contribution in [2.24, 2.45) is 0 Å². The van der Waals surface area contributed by atoms with E-state index < -0.39 is 12.0 Å². The lowest BCUT2D eigenvalue weighted by Gasteiger charge is -2.08. The Balaban J connectivity index is 0.000000449. The zero-order valence-corrected chi connectivity index (χ0v) is 14.5. The van der Waals surface area contributed by atoms with E-state index >= 15 is 0 Å². The number of aldehydes is 1. The number of carboxylic acid groups (broad SMARTS) is 1. The number of carbonyl (C=O) groups is 4. The molecule has 0 aromatic heterocycles. The molecule has 0 bridgehead atoms. The van der Waals surface area contributed by atoms with Gasteiger partial charge in [-0.15, -0.1) is 12.6 Å². The van der Waals surface area contributed by atoms with E-state index in [1.54, 1.807) is 19.2 Å². The summed E-state index contributed by atoms with van der Waals surface area (Å²) >= 11 is 3.58. The van der Waals surface area contributed by atoms with Gasteiger partial charge < -0.3 is 15.2 Å². The molecule has 0 amide bonds. The highest BCUT2D eigenvalue weighted by Gasteiger charge is 2.13. The molecular formula is C17H23NO5S. The van der Waals surface area contributed by atoms with Crippen LogP contribution >= 0.6 is 12.6 Å². The second-order valence-corrected chi connectivity index (χ2v) is 5.40. The number of nitrogens with one attached hydrogen (secondary N) is 1. The molecule has 0 heterocycles. The minimum absolute atomic E-state index is 0.0161. The molecule has 2 N–H and O–H groups in total. The van der Waals surface area contributed by atoms with Crippen molar-refractivity contribution in [3.8, 4) is 0 Å². The summed E-state index contributed by atoms with van der Waals surface area (Å²) in [5.41, 5.74) is 0.730. The van der Waals surface area contributed by atoms with Crippen molar-refractivity contribution in [2.45, 2.75) is 38.1 Å².